The van der Waals surface area contributed by atoms with Crippen LogP contribution >= 0.6 is 0 Å². The van der Waals surface area contributed by atoms with Crippen LogP contribution in [0.1, 0.15) is 55.5 Å². The lowest BCUT2D eigenvalue weighted by Crippen LogP contribution is -2.39. The van der Waals surface area contributed by atoms with Crippen molar-refractivity contribution in [1.82, 2.24) is 5.32 Å². The fourth-order valence-corrected chi connectivity index (χ4v) is 2.12. The van der Waals surface area contributed by atoms with Crippen LogP contribution in [0.4, 0.5) is 0 Å². The number of aryl methyl sites for hydroxylation is 2. The van der Waals surface area contributed by atoms with E-state index in [9.17, 15) is 9.90 Å². The third-order valence-electron chi connectivity index (χ3n) is 4.02. The summed E-state index contributed by atoms with van der Waals surface area (Å²) in [7, 11) is 0. The molecule has 1 rings (SSSR count). The second kappa shape index (κ2) is 6.75. The maximum atomic E-state index is 12.0. The Morgan fingerprint density at radius 1 is 1.37 bits per heavy atom. The number of nitrogens with one attached hydrogen (secondary N) is 1. The molecule has 0 aliphatic rings. The highest BCUT2D eigenvalue weighted by Crippen LogP contribution is 2.24. The number of aliphatic hydroxyl groups is 1. The van der Waals surface area contributed by atoms with Crippen LogP contribution in [0.3, 0.4) is 0 Å². The van der Waals surface area contributed by atoms with Gasteiger partial charge in [0.05, 0.1) is 6.61 Å². The Labute approximate surface area is 115 Å². The van der Waals surface area contributed by atoms with Crippen molar-refractivity contribution in [3.8, 4) is 0 Å². The minimum atomic E-state index is -0.231. The summed E-state index contributed by atoms with van der Waals surface area (Å²) in [6.45, 7) is 8.54. The van der Waals surface area contributed by atoms with Gasteiger partial charge in [0.15, 0.2) is 5.76 Å². The normalized spacial score (nSPS) is 11.6. The van der Waals surface area contributed by atoms with Gasteiger partial charge in [0.2, 0.25) is 0 Å². The zero-order chi connectivity index (χ0) is 14.5. The van der Waals surface area contributed by atoms with E-state index in [2.05, 4.69) is 5.32 Å². The molecule has 108 valence electrons. The third-order valence-corrected chi connectivity index (χ3v) is 4.02. The van der Waals surface area contributed by atoms with Crippen molar-refractivity contribution >= 4 is 5.91 Å². The van der Waals surface area contributed by atoms with Gasteiger partial charge in [-0.05, 0) is 31.4 Å². The molecular weight excluding hydrogens is 242 g/mol. The summed E-state index contributed by atoms with van der Waals surface area (Å²) >= 11 is 0. The van der Waals surface area contributed by atoms with Gasteiger partial charge in [-0.2, -0.15) is 0 Å². The Morgan fingerprint density at radius 3 is 2.42 bits per heavy atom. The number of carbonyl (C=O) groups excluding carboxylic acids is 1. The van der Waals surface area contributed by atoms with Gasteiger partial charge in [0.25, 0.3) is 5.91 Å². The highest BCUT2D eigenvalue weighted by molar-refractivity contribution is 5.91. The first-order chi connectivity index (χ1) is 9.01. The molecule has 0 saturated carbocycles. The Hall–Kier alpha value is -1.29. The molecule has 0 fully saturated rings. The van der Waals surface area contributed by atoms with E-state index in [1.54, 1.807) is 6.07 Å². The van der Waals surface area contributed by atoms with E-state index < -0.39 is 0 Å². The summed E-state index contributed by atoms with van der Waals surface area (Å²) < 4.78 is 5.52. The van der Waals surface area contributed by atoms with E-state index in [1.165, 1.54) is 0 Å². The van der Waals surface area contributed by atoms with Crippen molar-refractivity contribution in [3.63, 3.8) is 0 Å². The van der Waals surface area contributed by atoms with Gasteiger partial charge in [-0.15, -0.1) is 0 Å². The Kier molecular flexibility index (Phi) is 5.60. The third kappa shape index (κ3) is 3.60. The van der Waals surface area contributed by atoms with E-state index in [-0.39, 0.29) is 17.9 Å². The van der Waals surface area contributed by atoms with Crippen LogP contribution in [0, 0.1) is 12.3 Å². The lowest BCUT2D eigenvalue weighted by Gasteiger charge is -2.29. The second-order valence-corrected chi connectivity index (χ2v) is 5.12. The van der Waals surface area contributed by atoms with Crippen molar-refractivity contribution in [2.75, 3.05) is 13.2 Å². The molecular formula is C15H25NO3. The minimum absolute atomic E-state index is 0.0810. The first-order valence-electron chi connectivity index (χ1n) is 7.00. The monoisotopic (exact) mass is 267 g/mol. The summed E-state index contributed by atoms with van der Waals surface area (Å²) in [5, 5.41) is 12.3. The van der Waals surface area contributed by atoms with E-state index in [4.69, 9.17) is 4.42 Å². The highest BCUT2D eigenvalue weighted by atomic mass is 16.4. The standard InChI is InChI=1S/C15H25NO3/c1-5-12-11(4)8-13(19-12)14(18)16-9-15(6-2,7-3)10-17/h8,17H,5-7,9-10H2,1-4H3,(H,16,18). The lowest BCUT2D eigenvalue weighted by molar-refractivity contribution is 0.0826. The quantitative estimate of drug-likeness (QED) is 0.798. The van der Waals surface area contributed by atoms with Gasteiger partial charge in [0.1, 0.15) is 5.76 Å². The number of hydrogen-bond donors (Lipinski definition) is 2. The van der Waals surface area contributed by atoms with Crippen molar-refractivity contribution in [2.45, 2.75) is 47.0 Å². The summed E-state index contributed by atoms with van der Waals surface area (Å²) in [6.07, 6.45) is 2.44. The summed E-state index contributed by atoms with van der Waals surface area (Å²) in [5.74, 6) is 1.00. The summed E-state index contributed by atoms with van der Waals surface area (Å²) in [6, 6.07) is 1.77. The van der Waals surface area contributed by atoms with Crippen LogP contribution in [-0.2, 0) is 6.42 Å². The SMILES string of the molecule is CCc1oc(C(=O)NCC(CC)(CC)CO)cc1C. The predicted molar refractivity (Wildman–Crippen MR) is 75.3 cm³/mol. The van der Waals surface area contributed by atoms with E-state index >= 15 is 0 Å². The average molecular weight is 267 g/mol. The first-order valence-corrected chi connectivity index (χ1v) is 7.00. The van der Waals surface area contributed by atoms with Crippen molar-refractivity contribution in [2.24, 2.45) is 5.41 Å². The Morgan fingerprint density at radius 2 is 2.00 bits per heavy atom. The van der Waals surface area contributed by atoms with Gasteiger partial charge in [0, 0.05) is 18.4 Å². The molecule has 19 heavy (non-hydrogen) atoms. The van der Waals surface area contributed by atoms with Crippen molar-refractivity contribution in [3.05, 3.63) is 23.2 Å². The molecule has 0 unspecified atom stereocenters. The fourth-order valence-electron chi connectivity index (χ4n) is 2.12. The van der Waals surface area contributed by atoms with Gasteiger partial charge < -0.3 is 14.8 Å². The van der Waals surface area contributed by atoms with Crippen molar-refractivity contribution < 1.29 is 14.3 Å². The summed E-state index contributed by atoms with van der Waals surface area (Å²) in [5.41, 5.74) is 0.775. The topological polar surface area (TPSA) is 62.5 Å². The molecule has 0 bridgehead atoms. The largest absolute Gasteiger partial charge is 0.456 e. The summed E-state index contributed by atoms with van der Waals surface area (Å²) in [4.78, 5) is 12.0. The van der Waals surface area contributed by atoms with Gasteiger partial charge in [-0.3, -0.25) is 4.79 Å². The number of furan rings is 1. The molecule has 1 aromatic heterocycles. The molecule has 0 aliphatic heterocycles. The molecule has 1 amide bonds. The van der Waals surface area contributed by atoms with Crippen LogP contribution in [-0.4, -0.2) is 24.2 Å². The van der Waals surface area contributed by atoms with Crippen LogP contribution in [0.15, 0.2) is 10.5 Å². The van der Waals surface area contributed by atoms with Gasteiger partial charge in [-0.1, -0.05) is 20.8 Å². The number of aliphatic hydroxyl groups excluding tert-OH is 1. The molecule has 0 atom stereocenters. The molecule has 0 saturated heterocycles. The highest BCUT2D eigenvalue weighted by Gasteiger charge is 2.26. The molecule has 0 radical (unpaired) electrons. The number of amides is 1. The van der Waals surface area contributed by atoms with Crippen LogP contribution in [0.25, 0.3) is 0 Å². The molecule has 4 nitrogen and oxygen atoms in total. The molecule has 0 spiro atoms. The number of carbonyl (C=O) groups is 1. The van der Waals surface area contributed by atoms with Crippen LogP contribution < -0.4 is 5.32 Å². The average Bonchev–Trinajstić information content (AvgIpc) is 2.82. The molecule has 1 heterocycles. The molecule has 0 aliphatic carbocycles. The minimum Gasteiger partial charge on any atom is -0.456 e. The van der Waals surface area contributed by atoms with E-state index in [0.717, 1.165) is 30.6 Å². The predicted octanol–water partition coefficient (Wildman–Crippen LogP) is 2.68. The van der Waals surface area contributed by atoms with E-state index in [0.29, 0.717) is 12.3 Å². The molecule has 2 N–H and O–H groups in total. The number of hydrogen-bond acceptors (Lipinski definition) is 3. The maximum Gasteiger partial charge on any atom is 0.287 e. The molecule has 4 heteroatoms. The Balaban J connectivity index is 2.69. The van der Waals surface area contributed by atoms with Crippen LogP contribution in [0.5, 0.6) is 0 Å². The second-order valence-electron chi connectivity index (χ2n) is 5.12. The van der Waals surface area contributed by atoms with Gasteiger partial charge in [-0.25, -0.2) is 0 Å². The number of rotatable bonds is 7. The van der Waals surface area contributed by atoms with Crippen LogP contribution in [0.2, 0.25) is 0 Å². The first kappa shape index (κ1) is 15.8. The smallest absolute Gasteiger partial charge is 0.287 e. The lowest BCUT2D eigenvalue weighted by atomic mass is 9.83. The maximum absolute atomic E-state index is 12.0. The fraction of sp³-hybridized carbons (Fsp3) is 0.667. The zero-order valence-corrected chi connectivity index (χ0v) is 12.4. The van der Waals surface area contributed by atoms with Crippen molar-refractivity contribution in [1.29, 1.82) is 0 Å². The Bertz CT molecular complexity index is 411. The van der Waals surface area contributed by atoms with Gasteiger partial charge >= 0.3 is 0 Å². The zero-order valence-electron chi connectivity index (χ0n) is 12.4. The van der Waals surface area contributed by atoms with E-state index in [1.807, 2.05) is 27.7 Å². The molecule has 1 aromatic rings. The molecule has 0 aromatic carbocycles.